The first-order valence-electron chi connectivity index (χ1n) is 7.00. The molecular formula is C14H19N3O2. The van der Waals surface area contributed by atoms with Gasteiger partial charge in [0.05, 0.1) is 4.92 Å². The summed E-state index contributed by atoms with van der Waals surface area (Å²) < 4.78 is 0. The van der Waals surface area contributed by atoms with E-state index in [0.717, 1.165) is 13.0 Å². The molecule has 2 aliphatic heterocycles. The van der Waals surface area contributed by atoms with Crippen molar-refractivity contribution >= 4 is 11.4 Å². The molecule has 0 saturated carbocycles. The minimum atomic E-state index is -0.310. The Morgan fingerprint density at radius 1 is 1.21 bits per heavy atom. The van der Waals surface area contributed by atoms with Crippen LogP contribution in [0.1, 0.15) is 25.7 Å². The molecule has 1 N–H and O–H groups in total. The van der Waals surface area contributed by atoms with Crippen molar-refractivity contribution in [1.82, 2.24) is 4.90 Å². The number of para-hydroxylation sites is 2. The molecule has 3 rings (SSSR count). The van der Waals surface area contributed by atoms with Crippen LogP contribution in [-0.2, 0) is 0 Å². The molecule has 2 fully saturated rings. The number of fused-ring (bicyclic) bond motifs is 1. The largest absolute Gasteiger partial charge is 0.375 e. The van der Waals surface area contributed by atoms with Gasteiger partial charge in [0, 0.05) is 24.7 Å². The highest BCUT2D eigenvalue weighted by Gasteiger charge is 2.36. The van der Waals surface area contributed by atoms with E-state index in [1.807, 2.05) is 12.1 Å². The summed E-state index contributed by atoms with van der Waals surface area (Å²) in [5, 5.41) is 14.4. The lowest BCUT2D eigenvalue weighted by Crippen LogP contribution is -2.41. The summed E-state index contributed by atoms with van der Waals surface area (Å²) >= 11 is 0. The Hall–Kier alpha value is -1.62. The molecular weight excluding hydrogens is 242 g/mol. The summed E-state index contributed by atoms with van der Waals surface area (Å²) in [6, 6.07) is 7.84. The summed E-state index contributed by atoms with van der Waals surface area (Å²) in [6.07, 6.45) is 4.85. The molecule has 5 nitrogen and oxygen atoms in total. The summed E-state index contributed by atoms with van der Waals surface area (Å²) in [4.78, 5) is 13.2. The van der Waals surface area contributed by atoms with Crippen molar-refractivity contribution in [1.29, 1.82) is 0 Å². The minimum Gasteiger partial charge on any atom is -0.375 e. The number of nitrogens with one attached hydrogen (secondary N) is 1. The molecule has 2 aliphatic rings. The number of piperidine rings is 1. The third kappa shape index (κ3) is 2.42. The molecule has 0 aromatic heterocycles. The molecule has 0 spiro atoms. The van der Waals surface area contributed by atoms with Gasteiger partial charge in [-0.05, 0) is 31.9 Å². The van der Waals surface area contributed by atoms with Crippen molar-refractivity contribution in [2.75, 3.05) is 18.4 Å². The van der Waals surface area contributed by atoms with Gasteiger partial charge in [0.15, 0.2) is 0 Å². The van der Waals surface area contributed by atoms with E-state index in [0.29, 0.717) is 17.8 Å². The van der Waals surface area contributed by atoms with Crippen LogP contribution in [0.5, 0.6) is 0 Å². The molecule has 1 aromatic rings. The van der Waals surface area contributed by atoms with Gasteiger partial charge in [-0.1, -0.05) is 18.6 Å². The van der Waals surface area contributed by atoms with Crippen LogP contribution in [0.25, 0.3) is 0 Å². The third-order valence-electron chi connectivity index (χ3n) is 4.30. The molecule has 5 heteroatoms. The molecule has 19 heavy (non-hydrogen) atoms. The number of rotatable bonds is 3. The van der Waals surface area contributed by atoms with Crippen LogP contribution < -0.4 is 5.32 Å². The fourth-order valence-electron chi connectivity index (χ4n) is 3.37. The van der Waals surface area contributed by atoms with Crippen molar-refractivity contribution in [3.63, 3.8) is 0 Å². The smallest absolute Gasteiger partial charge is 0.292 e. The van der Waals surface area contributed by atoms with Crippen LogP contribution in [-0.4, -0.2) is 35.0 Å². The van der Waals surface area contributed by atoms with E-state index >= 15 is 0 Å². The molecule has 2 saturated heterocycles. The fraction of sp³-hybridized carbons (Fsp3) is 0.571. The molecule has 102 valence electrons. The van der Waals surface area contributed by atoms with E-state index in [-0.39, 0.29) is 10.6 Å². The van der Waals surface area contributed by atoms with Crippen LogP contribution >= 0.6 is 0 Å². The average molecular weight is 261 g/mol. The quantitative estimate of drug-likeness (QED) is 0.671. The van der Waals surface area contributed by atoms with Crippen LogP contribution in [0, 0.1) is 10.1 Å². The van der Waals surface area contributed by atoms with E-state index < -0.39 is 0 Å². The van der Waals surface area contributed by atoms with Crippen molar-refractivity contribution < 1.29 is 4.92 Å². The topological polar surface area (TPSA) is 58.4 Å². The SMILES string of the molecule is O=[N+]([O-])c1ccccc1NC1CCN2CCCCC12. The number of hydrogen-bond donors (Lipinski definition) is 1. The molecule has 2 unspecified atom stereocenters. The predicted molar refractivity (Wildman–Crippen MR) is 74.3 cm³/mol. The van der Waals surface area contributed by atoms with Crippen LogP contribution in [0.2, 0.25) is 0 Å². The lowest BCUT2D eigenvalue weighted by Gasteiger charge is -2.32. The maximum absolute atomic E-state index is 11.0. The average Bonchev–Trinajstić information content (AvgIpc) is 2.83. The second-order valence-corrected chi connectivity index (χ2v) is 5.41. The first kappa shape index (κ1) is 12.4. The van der Waals surface area contributed by atoms with Gasteiger partial charge in [-0.25, -0.2) is 0 Å². The van der Waals surface area contributed by atoms with E-state index in [1.54, 1.807) is 12.1 Å². The summed E-state index contributed by atoms with van der Waals surface area (Å²) in [7, 11) is 0. The lowest BCUT2D eigenvalue weighted by molar-refractivity contribution is -0.384. The third-order valence-corrected chi connectivity index (χ3v) is 4.30. The predicted octanol–water partition coefficient (Wildman–Crippen LogP) is 2.63. The standard InChI is InChI=1S/C14H19N3O2/c18-17(19)14-7-2-1-5-11(14)15-12-8-10-16-9-4-3-6-13(12)16/h1-2,5,7,12-13,15H,3-4,6,8-10H2. The zero-order chi connectivity index (χ0) is 13.2. The highest BCUT2D eigenvalue weighted by molar-refractivity contribution is 5.61. The Morgan fingerprint density at radius 3 is 2.89 bits per heavy atom. The number of benzene rings is 1. The maximum Gasteiger partial charge on any atom is 0.292 e. The zero-order valence-electron chi connectivity index (χ0n) is 10.9. The monoisotopic (exact) mass is 261 g/mol. The van der Waals surface area contributed by atoms with E-state index in [4.69, 9.17) is 0 Å². The Morgan fingerprint density at radius 2 is 2.05 bits per heavy atom. The summed E-state index contributed by atoms with van der Waals surface area (Å²) in [6.45, 7) is 2.29. The Kier molecular flexibility index (Phi) is 3.38. The first-order chi connectivity index (χ1) is 9.25. The Balaban J connectivity index is 1.76. The van der Waals surface area contributed by atoms with Gasteiger partial charge < -0.3 is 5.32 Å². The second kappa shape index (κ2) is 5.17. The second-order valence-electron chi connectivity index (χ2n) is 5.41. The molecule has 1 aromatic carbocycles. The first-order valence-corrected chi connectivity index (χ1v) is 7.00. The Bertz CT molecular complexity index is 478. The molecule has 0 bridgehead atoms. The van der Waals surface area contributed by atoms with Gasteiger partial charge in [0.1, 0.15) is 5.69 Å². The highest BCUT2D eigenvalue weighted by Crippen LogP contribution is 2.32. The number of nitro groups is 1. The van der Waals surface area contributed by atoms with E-state index in [1.165, 1.54) is 25.8 Å². The molecule has 0 radical (unpaired) electrons. The molecule has 2 heterocycles. The lowest BCUT2D eigenvalue weighted by atomic mass is 9.99. The van der Waals surface area contributed by atoms with Crippen molar-refractivity contribution in [3.05, 3.63) is 34.4 Å². The van der Waals surface area contributed by atoms with Crippen LogP contribution in [0.4, 0.5) is 11.4 Å². The van der Waals surface area contributed by atoms with Gasteiger partial charge in [-0.3, -0.25) is 15.0 Å². The van der Waals surface area contributed by atoms with Gasteiger partial charge >= 0.3 is 0 Å². The summed E-state index contributed by atoms with van der Waals surface area (Å²) in [5.41, 5.74) is 0.835. The number of nitro benzene ring substituents is 1. The molecule has 0 aliphatic carbocycles. The van der Waals surface area contributed by atoms with Crippen LogP contribution in [0.15, 0.2) is 24.3 Å². The normalized spacial score (nSPS) is 26.9. The maximum atomic E-state index is 11.0. The van der Waals surface area contributed by atoms with Crippen molar-refractivity contribution in [2.45, 2.75) is 37.8 Å². The van der Waals surface area contributed by atoms with Crippen LogP contribution in [0.3, 0.4) is 0 Å². The minimum absolute atomic E-state index is 0.178. The zero-order valence-corrected chi connectivity index (χ0v) is 10.9. The van der Waals surface area contributed by atoms with E-state index in [9.17, 15) is 10.1 Å². The Labute approximate surface area is 112 Å². The fourth-order valence-corrected chi connectivity index (χ4v) is 3.37. The number of anilines is 1. The number of nitrogens with zero attached hydrogens (tertiary/aromatic N) is 2. The number of hydrogen-bond acceptors (Lipinski definition) is 4. The van der Waals surface area contributed by atoms with E-state index in [2.05, 4.69) is 10.2 Å². The van der Waals surface area contributed by atoms with Crippen molar-refractivity contribution in [3.8, 4) is 0 Å². The highest BCUT2D eigenvalue weighted by atomic mass is 16.6. The summed E-state index contributed by atoms with van der Waals surface area (Å²) in [5.74, 6) is 0. The van der Waals surface area contributed by atoms with Gasteiger partial charge in [-0.15, -0.1) is 0 Å². The molecule has 0 amide bonds. The van der Waals surface area contributed by atoms with Crippen molar-refractivity contribution in [2.24, 2.45) is 0 Å². The van der Waals surface area contributed by atoms with Gasteiger partial charge in [0.25, 0.3) is 5.69 Å². The molecule has 2 atom stereocenters. The van der Waals surface area contributed by atoms with Gasteiger partial charge in [0.2, 0.25) is 0 Å². The van der Waals surface area contributed by atoms with Gasteiger partial charge in [-0.2, -0.15) is 0 Å².